The Morgan fingerprint density at radius 2 is 1.94 bits per heavy atom. The topological polar surface area (TPSA) is 62.4 Å². The van der Waals surface area contributed by atoms with Crippen molar-refractivity contribution >= 4 is 11.8 Å². The van der Waals surface area contributed by atoms with Crippen molar-refractivity contribution in [1.29, 1.82) is 0 Å². The fraction of sp³-hybridized carbons (Fsp3) is 0.417. The summed E-state index contributed by atoms with van der Waals surface area (Å²) in [4.78, 5) is 11.2. The van der Waals surface area contributed by atoms with E-state index in [4.69, 9.17) is 4.74 Å². The molecule has 0 saturated carbocycles. The number of nitrogens with one attached hydrogen (secondary N) is 3. The van der Waals surface area contributed by atoms with Crippen LogP contribution in [0.4, 0.5) is 10.5 Å². The van der Waals surface area contributed by atoms with Crippen LogP contribution < -0.4 is 16.2 Å². The van der Waals surface area contributed by atoms with Crippen molar-refractivity contribution in [3.63, 3.8) is 0 Å². The molecule has 0 unspecified atom stereocenters. The lowest BCUT2D eigenvalue weighted by Gasteiger charge is -2.10. The number of hydrazine groups is 1. The monoisotopic (exact) mass is 237 g/mol. The Labute approximate surface area is 102 Å². The van der Waals surface area contributed by atoms with Crippen LogP contribution in [0.2, 0.25) is 0 Å². The number of amides is 1. The van der Waals surface area contributed by atoms with Crippen molar-refractivity contribution in [2.45, 2.75) is 26.5 Å². The Balaban J connectivity index is 2.31. The van der Waals surface area contributed by atoms with Crippen LogP contribution in [0.15, 0.2) is 24.3 Å². The van der Waals surface area contributed by atoms with Gasteiger partial charge in [0.15, 0.2) is 0 Å². The van der Waals surface area contributed by atoms with Gasteiger partial charge in [-0.2, -0.15) is 0 Å². The van der Waals surface area contributed by atoms with Crippen LogP contribution >= 0.6 is 0 Å². The van der Waals surface area contributed by atoms with E-state index in [1.54, 1.807) is 0 Å². The van der Waals surface area contributed by atoms with E-state index >= 15 is 0 Å². The summed E-state index contributed by atoms with van der Waals surface area (Å²) in [5, 5.41) is 3.02. The number of rotatable bonds is 5. The summed E-state index contributed by atoms with van der Waals surface area (Å²) in [5.41, 5.74) is 7.19. The average Bonchev–Trinajstić information content (AvgIpc) is 2.34. The summed E-state index contributed by atoms with van der Waals surface area (Å²) in [6.45, 7) is 4.11. The second-order valence-electron chi connectivity index (χ2n) is 3.95. The molecule has 0 saturated heterocycles. The van der Waals surface area contributed by atoms with Crippen LogP contribution in [0.5, 0.6) is 0 Å². The molecule has 0 spiro atoms. The molecule has 0 heterocycles. The highest BCUT2D eigenvalue weighted by atomic mass is 16.6. The Bertz CT molecular complexity index is 349. The highest BCUT2D eigenvalue weighted by Gasteiger charge is 2.02. The lowest BCUT2D eigenvalue weighted by Crippen LogP contribution is -2.41. The van der Waals surface area contributed by atoms with E-state index in [0.717, 1.165) is 11.3 Å². The van der Waals surface area contributed by atoms with Crippen molar-refractivity contribution in [2.75, 3.05) is 12.4 Å². The summed E-state index contributed by atoms with van der Waals surface area (Å²) >= 11 is 0. The lowest BCUT2D eigenvalue weighted by atomic mass is 10.2. The number of ether oxygens (including phenoxy) is 1. The molecule has 0 radical (unpaired) electrons. The third-order valence-electron chi connectivity index (χ3n) is 2.08. The smallest absolute Gasteiger partial charge is 0.421 e. The Kier molecular flexibility index (Phi) is 5.29. The molecule has 1 rings (SSSR count). The number of hydrogen-bond donors (Lipinski definition) is 3. The largest absolute Gasteiger partial charge is 0.444 e. The van der Waals surface area contributed by atoms with E-state index in [1.807, 2.05) is 45.2 Å². The zero-order valence-corrected chi connectivity index (χ0v) is 10.4. The molecule has 0 aliphatic heterocycles. The van der Waals surface area contributed by atoms with E-state index in [-0.39, 0.29) is 12.6 Å². The minimum absolute atomic E-state index is 0.178. The molecule has 0 aromatic heterocycles. The molecule has 0 aliphatic carbocycles. The van der Waals surface area contributed by atoms with Crippen LogP contribution in [0.25, 0.3) is 0 Å². The Morgan fingerprint density at radius 3 is 2.47 bits per heavy atom. The third-order valence-corrected chi connectivity index (χ3v) is 2.08. The van der Waals surface area contributed by atoms with Gasteiger partial charge in [-0.15, -0.1) is 0 Å². The summed E-state index contributed by atoms with van der Waals surface area (Å²) < 4.78 is 5.02. The first-order valence-corrected chi connectivity index (χ1v) is 5.57. The Hall–Kier alpha value is -1.75. The molecule has 0 aliphatic rings. The average molecular weight is 237 g/mol. The molecule has 3 N–H and O–H groups in total. The first kappa shape index (κ1) is 13.3. The van der Waals surface area contributed by atoms with Gasteiger partial charge in [0.2, 0.25) is 0 Å². The molecule has 94 valence electrons. The van der Waals surface area contributed by atoms with Gasteiger partial charge in [0.1, 0.15) is 6.61 Å². The van der Waals surface area contributed by atoms with Crippen LogP contribution in [0.1, 0.15) is 19.4 Å². The molecule has 5 nitrogen and oxygen atoms in total. The van der Waals surface area contributed by atoms with Crippen LogP contribution in [0.3, 0.4) is 0 Å². The normalized spacial score (nSPS) is 10.1. The van der Waals surface area contributed by atoms with E-state index in [2.05, 4.69) is 16.2 Å². The summed E-state index contributed by atoms with van der Waals surface area (Å²) in [7, 11) is 1.86. The zero-order valence-electron chi connectivity index (χ0n) is 10.4. The molecule has 0 atom stereocenters. The summed E-state index contributed by atoms with van der Waals surface area (Å²) in [6.07, 6.45) is -0.476. The SMILES string of the molecule is CNc1ccc(COC(=O)NNC(C)C)cc1. The van der Waals surface area contributed by atoms with Crippen LogP contribution in [-0.2, 0) is 11.3 Å². The second kappa shape index (κ2) is 6.75. The summed E-state index contributed by atoms with van der Waals surface area (Å²) in [5.74, 6) is 0. The van der Waals surface area contributed by atoms with Gasteiger partial charge in [-0.3, -0.25) is 5.43 Å². The maximum Gasteiger partial charge on any atom is 0.421 e. The molecular formula is C12H19N3O2. The quantitative estimate of drug-likeness (QED) is 0.684. The van der Waals surface area contributed by atoms with Crippen molar-refractivity contribution in [2.24, 2.45) is 0 Å². The maximum absolute atomic E-state index is 11.2. The first-order chi connectivity index (χ1) is 8.11. The maximum atomic E-state index is 11.2. The minimum atomic E-state index is -0.476. The number of anilines is 1. The number of carbonyl (C=O) groups is 1. The number of benzene rings is 1. The van der Waals surface area contributed by atoms with Gasteiger partial charge in [-0.25, -0.2) is 10.2 Å². The lowest BCUT2D eigenvalue weighted by molar-refractivity contribution is 0.133. The molecule has 1 aromatic carbocycles. The number of carbonyl (C=O) groups excluding carboxylic acids is 1. The molecule has 1 amide bonds. The van der Waals surface area contributed by atoms with E-state index in [1.165, 1.54) is 0 Å². The Morgan fingerprint density at radius 1 is 1.29 bits per heavy atom. The zero-order chi connectivity index (χ0) is 12.7. The summed E-state index contributed by atoms with van der Waals surface area (Å²) in [6, 6.07) is 7.87. The highest BCUT2D eigenvalue weighted by Crippen LogP contribution is 2.09. The van der Waals surface area contributed by atoms with Gasteiger partial charge in [0.25, 0.3) is 0 Å². The molecule has 0 fully saturated rings. The highest BCUT2D eigenvalue weighted by molar-refractivity contribution is 5.66. The van der Waals surface area contributed by atoms with Crippen molar-refractivity contribution in [3.8, 4) is 0 Å². The third kappa shape index (κ3) is 5.21. The molecule has 5 heteroatoms. The van der Waals surface area contributed by atoms with Gasteiger partial charge < -0.3 is 10.1 Å². The van der Waals surface area contributed by atoms with E-state index < -0.39 is 6.09 Å². The first-order valence-electron chi connectivity index (χ1n) is 5.57. The number of hydrogen-bond acceptors (Lipinski definition) is 4. The fourth-order valence-electron chi connectivity index (χ4n) is 1.16. The standard InChI is InChI=1S/C12H19N3O2/c1-9(2)14-15-12(16)17-8-10-4-6-11(13-3)7-5-10/h4-7,9,13-14H,8H2,1-3H3,(H,15,16). The van der Waals surface area contributed by atoms with Crippen molar-refractivity contribution in [3.05, 3.63) is 29.8 Å². The second-order valence-corrected chi connectivity index (χ2v) is 3.95. The fourth-order valence-corrected chi connectivity index (χ4v) is 1.16. The van der Waals surface area contributed by atoms with Gasteiger partial charge in [0, 0.05) is 18.8 Å². The van der Waals surface area contributed by atoms with E-state index in [9.17, 15) is 4.79 Å². The molecule has 17 heavy (non-hydrogen) atoms. The van der Waals surface area contributed by atoms with Gasteiger partial charge in [0.05, 0.1) is 0 Å². The predicted octanol–water partition coefficient (Wildman–Crippen LogP) is 1.87. The van der Waals surface area contributed by atoms with Gasteiger partial charge >= 0.3 is 6.09 Å². The van der Waals surface area contributed by atoms with Crippen LogP contribution in [-0.4, -0.2) is 19.2 Å². The minimum Gasteiger partial charge on any atom is -0.444 e. The predicted molar refractivity (Wildman–Crippen MR) is 67.6 cm³/mol. The van der Waals surface area contributed by atoms with E-state index in [0.29, 0.717) is 0 Å². The molecular weight excluding hydrogens is 218 g/mol. The molecule has 1 aromatic rings. The van der Waals surface area contributed by atoms with Crippen molar-refractivity contribution < 1.29 is 9.53 Å². The van der Waals surface area contributed by atoms with Crippen molar-refractivity contribution in [1.82, 2.24) is 10.9 Å². The van der Waals surface area contributed by atoms with Gasteiger partial charge in [-0.05, 0) is 31.5 Å². The van der Waals surface area contributed by atoms with Gasteiger partial charge in [-0.1, -0.05) is 12.1 Å². The molecule has 0 bridgehead atoms. The van der Waals surface area contributed by atoms with Crippen LogP contribution in [0, 0.1) is 0 Å².